The molecule has 3 aromatic rings. The number of amides is 1. The molecule has 6 heteroatoms. The Morgan fingerprint density at radius 1 is 0.949 bits per heavy atom. The van der Waals surface area contributed by atoms with Gasteiger partial charge >= 0.3 is 0 Å². The van der Waals surface area contributed by atoms with E-state index < -0.39 is 17.7 Å². The van der Waals surface area contributed by atoms with Crippen LogP contribution in [0.1, 0.15) is 69.8 Å². The first-order valence-electron chi connectivity index (χ1n) is 13.4. The van der Waals surface area contributed by atoms with Crippen molar-refractivity contribution in [3.63, 3.8) is 0 Å². The van der Waals surface area contributed by atoms with Gasteiger partial charge in [0, 0.05) is 12.1 Å². The molecule has 0 radical (unpaired) electrons. The molecule has 1 aliphatic heterocycles. The van der Waals surface area contributed by atoms with Crippen molar-refractivity contribution in [3.05, 3.63) is 101 Å². The Labute approximate surface area is 230 Å². The number of hydrogen-bond acceptors (Lipinski definition) is 5. The normalized spacial score (nSPS) is 17.1. The summed E-state index contributed by atoms with van der Waals surface area (Å²) in [5, 5.41) is 11.5. The quantitative estimate of drug-likeness (QED) is 0.198. The highest BCUT2D eigenvalue weighted by molar-refractivity contribution is 6.46. The maximum Gasteiger partial charge on any atom is 0.295 e. The van der Waals surface area contributed by atoms with Crippen LogP contribution in [0.4, 0.5) is 0 Å². The molecule has 1 saturated heterocycles. The van der Waals surface area contributed by atoms with Crippen molar-refractivity contribution in [2.45, 2.75) is 65.6 Å². The van der Waals surface area contributed by atoms with E-state index in [1.807, 2.05) is 69.3 Å². The van der Waals surface area contributed by atoms with Gasteiger partial charge in [-0.05, 0) is 67.1 Å². The zero-order chi connectivity index (χ0) is 28.3. The van der Waals surface area contributed by atoms with E-state index in [1.165, 1.54) is 4.90 Å². The van der Waals surface area contributed by atoms with E-state index in [9.17, 15) is 14.7 Å². The second-order valence-corrected chi connectivity index (χ2v) is 11.1. The minimum atomic E-state index is -0.760. The molecule has 1 fully saturated rings. The van der Waals surface area contributed by atoms with Crippen LogP contribution in [0.3, 0.4) is 0 Å². The van der Waals surface area contributed by atoms with E-state index in [4.69, 9.17) is 9.47 Å². The van der Waals surface area contributed by atoms with Gasteiger partial charge in [0.15, 0.2) is 0 Å². The Morgan fingerprint density at radius 2 is 1.62 bits per heavy atom. The average Bonchev–Trinajstić information content (AvgIpc) is 3.13. The first-order chi connectivity index (χ1) is 18.5. The molecule has 6 nitrogen and oxygen atoms in total. The van der Waals surface area contributed by atoms with Crippen molar-refractivity contribution in [2.75, 3.05) is 6.61 Å². The van der Waals surface area contributed by atoms with Gasteiger partial charge in [-0.25, -0.2) is 0 Å². The van der Waals surface area contributed by atoms with E-state index >= 15 is 0 Å². The number of carbonyl (C=O) groups is 2. The van der Waals surface area contributed by atoms with Crippen LogP contribution < -0.4 is 9.47 Å². The summed E-state index contributed by atoms with van der Waals surface area (Å²) in [4.78, 5) is 28.5. The minimum Gasteiger partial charge on any atom is -0.507 e. The first kappa shape index (κ1) is 28.0. The summed E-state index contributed by atoms with van der Waals surface area (Å²) in [6.07, 6.45) is -0.0539. The van der Waals surface area contributed by atoms with Crippen LogP contribution >= 0.6 is 0 Å². The Bertz CT molecular complexity index is 1380. The fourth-order valence-electron chi connectivity index (χ4n) is 4.80. The van der Waals surface area contributed by atoms with Crippen molar-refractivity contribution >= 4 is 17.4 Å². The molecular weight excluding hydrogens is 490 g/mol. The van der Waals surface area contributed by atoms with E-state index in [1.54, 1.807) is 24.3 Å². The molecule has 0 bridgehead atoms. The molecule has 3 aromatic carbocycles. The number of likely N-dealkylation sites (tertiary alicyclic amines) is 1. The number of ketones is 1. The molecule has 1 heterocycles. The maximum atomic E-state index is 13.5. The Morgan fingerprint density at radius 3 is 2.26 bits per heavy atom. The largest absolute Gasteiger partial charge is 0.507 e. The van der Waals surface area contributed by atoms with Crippen LogP contribution in [-0.2, 0) is 21.5 Å². The summed E-state index contributed by atoms with van der Waals surface area (Å²) in [5.41, 5.74) is 3.13. The summed E-state index contributed by atoms with van der Waals surface area (Å²) < 4.78 is 11.4. The third-order valence-corrected chi connectivity index (χ3v) is 6.67. The Hall–Kier alpha value is -4.06. The maximum absolute atomic E-state index is 13.5. The summed E-state index contributed by atoms with van der Waals surface area (Å²) in [6.45, 7) is 12.8. The molecule has 0 aliphatic carbocycles. The predicted octanol–water partition coefficient (Wildman–Crippen LogP) is 6.79. The number of aliphatic hydroxyl groups excluding tert-OH is 1. The lowest BCUT2D eigenvalue weighted by Gasteiger charge is -2.27. The van der Waals surface area contributed by atoms with Gasteiger partial charge in [0.1, 0.15) is 17.3 Å². The van der Waals surface area contributed by atoms with E-state index in [-0.39, 0.29) is 29.4 Å². The Kier molecular flexibility index (Phi) is 8.14. The summed E-state index contributed by atoms with van der Waals surface area (Å²) in [5.74, 6) is -0.328. The zero-order valence-corrected chi connectivity index (χ0v) is 23.5. The molecule has 0 spiro atoms. The molecule has 4 rings (SSSR count). The fourth-order valence-corrected chi connectivity index (χ4v) is 4.80. The highest BCUT2D eigenvalue weighted by atomic mass is 16.5. The van der Waals surface area contributed by atoms with Gasteiger partial charge in [-0.3, -0.25) is 9.59 Å². The lowest BCUT2D eigenvalue weighted by atomic mass is 9.85. The van der Waals surface area contributed by atoms with E-state index in [0.717, 1.165) is 16.7 Å². The number of ether oxygens (including phenoxy) is 2. The van der Waals surface area contributed by atoms with Gasteiger partial charge in [0.2, 0.25) is 0 Å². The van der Waals surface area contributed by atoms with Crippen LogP contribution in [-0.4, -0.2) is 34.4 Å². The summed E-state index contributed by atoms with van der Waals surface area (Å²) in [7, 11) is 0. The number of carbonyl (C=O) groups excluding carboxylic acids is 2. The van der Waals surface area contributed by atoms with Crippen molar-refractivity contribution < 1.29 is 24.2 Å². The fraction of sp³-hybridized carbons (Fsp3) is 0.333. The number of hydrogen-bond donors (Lipinski definition) is 1. The second-order valence-electron chi connectivity index (χ2n) is 11.1. The predicted molar refractivity (Wildman–Crippen MR) is 153 cm³/mol. The monoisotopic (exact) mass is 527 g/mol. The van der Waals surface area contributed by atoms with Gasteiger partial charge < -0.3 is 19.5 Å². The molecule has 1 N–H and O–H groups in total. The van der Waals surface area contributed by atoms with Gasteiger partial charge in [-0.15, -0.1) is 0 Å². The van der Waals surface area contributed by atoms with Crippen LogP contribution in [0.25, 0.3) is 5.76 Å². The van der Waals surface area contributed by atoms with Crippen molar-refractivity contribution in [2.24, 2.45) is 0 Å². The van der Waals surface area contributed by atoms with Crippen LogP contribution in [0.5, 0.6) is 11.5 Å². The van der Waals surface area contributed by atoms with Crippen LogP contribution in [0, 0.1) is 0 Å². The van der Waals surface area contributed by atoms with Gasteiger partial charge in [0.25, 0.3) is 11.7 Å². The van der Waals surface area contributed by atoms with Crippen molar-refractivity contribution in [1.29, 1.82) is 0 Å². The average molecular weight is 528 g/mol. The first-order valence-corrected chi connectivity index (χ1v) is 13.4. The van der Waals surface area contributed by atoms with Gasteiger partial charge in [-0.2, -0.15) is 0 Å². The number of benzene rings is 3. The molecule has 1 aliphatic rings. The Balaban J connectivity index is 1.83. The lowest BCUT2D eigenvalue weighted by molar-refractivity contribution is -0.140. The van der Waals surface area contributed by atoms with Gasteiger partial charge in [-0.1, -0.05) is 69.3 Å². The molecule has 204 valence electrons. The standard InChI is InChI=1S/C33H37NO5/c1-7-38-26-12-8-10-22(18-26)20-34-29(23-14-16-25(17-15-23)33(4,5)6)28(31(36)32(34)37)30(35)24-11-9-13-27(19-24)39-21(2)3/h8-19,21,29,35H,7,20H2,1-6H3/b30-28-. The molecular formula is C33H37NO5. The molecule has 1 atom stereocenters. The molecule has 0 saturated carbocycles. The summed E-state index contributed by atoms with van der Waals surface area (Å²) >= 11 is 0. The highest BCUT2D eigenvalue weighted by Gasteiger charge is 2.46. The highest BCUT2D eigenvalue weighted by Crippen LogP contribution is 2.41. The molecule has 1 amide bonds. The number of nitrogens with zero attached hydrogens (tertiary/aromatic N) is 1. The molecule has 1 unspecified atom stereocenters. The molecule has 39 heavy (non-hydrogen) atoms. The molecule has 0 aromatic heterocycles. The third kappa shape index (κ3) is 6.17. The lowest BCUT2D eigenvalue weighted by Crippen LogP contribution is -2.29. The van der Waals surface area contributed by atoms with Crippen molar-refractivity contribution in [3.8, 4) is 11.5 Å². The zero-order valence-electron chi connectivity index (χ0n) is 23.5. The third-order valence-electron chi connectivity index (χ3n) is 6.67. The number of rotatable bonds is 8. The SMILES string of the molecule is CCOc1cccc(CN2C(=O)C(=O)/C(=C(\O)c3cccc(OC(C)C)c3)C2c2ccc(C(C)(C)C)cc2)c1. The van der Waals surface area contributed by atoms with E-state index in [2.05, 4.69) is 20.8 Å². The van der Waals surface area contributed by atoms with Crippen LogP contribution in [0.15, 0.2) is 78.4 Å². The number of aliphatic hydroxyl groups is 1. The summed E-state index contributed by atoms with van der Waals surface area (Å²) in [6, 6.07) is 21.6. The van der Waals surface area contributed by atoms with Gasteiger partial charge in [0.05, 0.1) is 24.3 Å². The number of Topliss-reactive ketones (excluding diaryl/α,β-unsaturated/α-hetero) is 1. The topological polar surface area (TPSA) is 76.1 Å². The smallest absolute Gasteiger partial charge is 0.295 e. The van der Waals surface area contributed by atoms with Crippen LogP contribution in [0.2, 0.25) is 0 Å². The minimum absolute atomic E-state index is 0.0539. The van der Waals surface area contributed by atoms with E-state index in [0.29, 0.717) is 23.7 Å². The second kappa shape index (κ2) is 11.4. The van der Waals surface area contributed by atoms with Crippen molar-refractivity contribution in [1.82, 2.24) is 4.90 Å².